The highest BCUT2D eigenvalue weighted by Crippen LogP contribution is 2.45. The fraction of sp³-hybridized carbons (Fsp3) is 0.949. The molecule has 0 aliphatic heterocycles. The molecule has 0 fully saturated rings. The highest BCUT2D eigenvalue weighted by Gasteiger charge is 2.30. The molecule has 5 atom stereocenters. The number of aliphatic hydroxyl groups is 1. The zero-order chi connectivity index (χ0) is 71.4. The third-order valence-electron chi connectivity index (χ3n) is 18.2. The van der Waals surface area contributed by atoms with Crippen LogP contribution in [0.1, 0.15) is 408 Å². The van der Waals surface area contributed by atoms with Crippen molar-refractivity contribution in [2.75, 3.05) is 39.6 Å². The van der Waals surface area contributed by atoms with Gasteiger partial charge in [-0.2, -0.15) is 0 Å². The van der Waals surface area contributed by atoms with E-state index in [-0.39, 0.29) is 25.7 Å². The van der Waals surface area contributed by atoms with Crippen LogP contribution in [0, 0.1) is 11.8 Å². The standard InChI is InChI=1S/C78H152O17P2/c1-7-9-11-13-15-17-19-21-22-23-24-25-31-38-44-50-56-62-77(82)94-73(66-89-76(81)61-55-49-43-37-30-27-26-28-34-40-46-52-58-70(3)4)68-92-96(84,85)90-64-72(79)65-91-97(86,87)93-69-74(67-88-75(80)60-54-48-42-36-29-20-18-16-14-12-10-8-2)95-78(83)63-57-51-45-39-33-32-35-41-47-53-59-71(5)6/h70-74,79H,7-69H2,1-6H3,(H,84,85)(H,86,87)/t72-,73-,74-/m1/s1. The largest absolute Gasteiger partial charge is 0.472 e. The third-order valence-corrected chi connectivity index (χ3v) is 20.1. The van der Waals surface area contributed by atoms with Crippen LogP contribution in [0.25, 0.3) is 0 Å². The van der Waals surface area contributed by atoms with E-state index < -0.39 is 97.5 Å². The lowest BCUT2D eigenvalue weighted by molar-refractivity contribution is -0.161. The molecule has 19 heteroatoms. The summed E-state index contributed by atoms with van der Waals surface area (Å²) in [5.74, 6) is -0.577. The maximum Gasteiger partial charge on any atom is 0.472 e. The average Bonchev–Trinajstić information content (AvgIpc) is 1.01. The van der Waals surface area contributed by atoms with Crippen LogP contribution in [0.3, 0.4) is 0 Å². The molecule has 0 aliphatic carbocycles. The van der Waals surface area contributed by atoms with Gasteiger partial charge in [0.15, 0.2) is 12.2 Å². The van der Waals surface area contributed by atoms with E-state index >= 15 is 0 Å². The molecule has 0 spiro atoms. The molecule has 0 saturated carbocycles. The number of rotatable bonds is 77. The van der Waals surface area contributed by atoms with Gasteiger partial charge in [0.05, 0.1) is 26.4 Å². The maximum absolute atomic E-state index is 13.1. The van der Waals surface area contributed by atoms with E-state index in [2.05, 4.69) is 41.5 Å². The molecule has 0 saturated heterocycles. The SMILES string of the molecule is CCCCCCCCCCCCCCCCCCCC(=O)O[C@H](COC(=O)CCCCCCCCCCCCCCC(C)C)COP(=O)(O)OC[C@@H](O)COP(=O)(O)OC[C@@H](COC(=O)CCCCCCCCCCCCCC)OC(=O)CCCCCCCCCCCCC(C)C. The summed E-state index contributed by atoms with van der Waals surface area (Å²) in [4.78, 5) is 72.9. The molecular weight excluding hydrogens is 1270 g/mol. The summed E-state index contributed by atoms with van der Waals surface area (Å²) in [6, 6.07) is 0. The second-order valence-electron chi connectivity index (χ2n) is 29.1. The van der Waals surface area contributed by atoms with Crippen LogP contribution in [0.4, 0.5) is 0 Å². The second-order valence-corrected chi connectivity index (χ2v) is 32.0. The molecule has 0 bridgehead atoms. The van der Waals surface area contributed by atoms with Gasteiger partial charge in [0.1, 0.15) is 19.3 Å². The summed E-state index contributed by atoms with van der Waals surface area (Å²) in [6.45, 7) is 9.62. The Kier molecular flexibility index (Phi) is 68.4. The van der Waals surface area contributed by atoms with Crippen LogP contribution >= 0.6 is 15.6 Å². The van der Waals surface area contributed by atoms with Gasteiger partial charge in [-0.1, -0.05) is 356 Å². The van der Waals surface area contributed by atoms with Crippen molar-refractivity contribution < 1.29 is 80.2 Å². The zero-order valence-electron chi connectivity index (χ0n) is 63.4. The van der Waals surface area contributed by atoms with Gasteiger partial charge in [-0.25, -0.2) is 9.13 Å². The zero-order valence-corrected chi connectivity index (χ0v) is 65.2. The van der Waals surface area contributed by atoms with E-state index in [1.807, 2.05) is 0 Å². The third kappa shape index (κ3) is 72.2. The molecule has 0 amide bonds. The summed E-state index contributed by atoms with van der Waals surface area (Å²) in [6.07, 6.45) is 58.1. The molecule has 2 unspecified atom stereocenters. The molecule has 3 N–H and O–H groups in total. The van der Waals surface area contributed by atoms with Crippen molar-refractivity contribution in [1.82, 2.24) is 0 Å². The maximum atomic E-state index is 13.1. The molecule has 576 valence electrons. The van der Waals surface area contributed by atoms with Gasteiger partial charge in [-0.05, 0) is 37.5 Å². The summed E-state index contributed by atoms with van der Waals surface area (Å²) in [5, 5.41) is 10.6. The molecule has 0 heterocycles. The van der Waals surface area contributed by atoms with E-state index in [0.29, 0.717) is 25.7 Å². The predicted molar refractivity (Wildman–Crippen MR) is 395 cm³/mol. The first kappa shape index (κ1) is 95.1. The Bertz CT molecular complexity index is 1870. The van der Waals surface area contributed by atoms with Crippen molar-refractivity contribution in [3.05, 3.63) is 0 Å². The molecule has 0 radical (unpaired) electrons. The number of unbranched alkanes of at least 4 members (excludes halogenated alkanes) is 47. The first-order valence-electron chi connectivity index (χ1n) is 40.5. The normalized spacial score (nSPS) is 14.0. The van der Waals surface area contributed by atoms with Crippen molar-refractivity contribution >= 4 is 39.5 Å². The monoisotopic (exact) mass is 1420 g/mol. The van der Waals surface area contributed by atoms with Gasteiger partial charge < -0.3 is 33.8 Å². The fourth-order valence-corrected chi connectivity index (χ4v) is 13.6. The first-order chi connectivity index (χ1) is 46.9. The van der Waals surface area contributed by atoms with Crippen LogP contribution in [-0.4, -0.2) is 96.7 Å². The topological polar surface area (TPSA) is 237 Å². The number of carbonyl (C=O) groups excluding carboxylic acids is 4. The Morgan fingerprint density at radius 3 is 0.701 bits per heavy atom. The van der Waals surface area contributed by atoms with Crippen molar-refractivity contribution in [3.8, 4) is 0 Å². The molecule has 0 rings (SSSR count). The highest BCUT2D eigenvalue weighted by atomic mass is 31.2. The highest BCUT2D eigenvalue weighted by molar-refractivity contribution is 7.47. The van der Waals surface area contributed by atoms with Crippen molar-refractivity contribution in [2.24, 2.45) is 11.8 Å². The molecule has 97 heavy (non-hydrogen) atoms. The second kappa shape index (κ2) is 69.8. The van der Waals surface area contributed by atoms with E-state index in [4.69, 9.17) is 37.0 Å². The number of esters is 4. The Labute approximate surface area is 594 Å². The lowest BCUT2D eigenvalue weighted by Gasteiger charge is -2.21. The number of phosphoric ester groups is 2. The Morgan fingerprint density at radius 2 is 0.474 bits per heavy atom. The summed E-state index contributed by atoms with van der Waals surface area (Å²) in [7, 11) is -9.92. The minimum atomic E-state index is -4.96. The summed E-state index contributed by atoms with van der Waals surface area (Å²) < 4.78 is 68.6. The van der Waals surface area contributed by atoms with Crippen LogP contribution in [0.2, 0.25) is 0 Å². The van der Waals surface area contributed by atoms with Gasteiger partial charge in [-0.15, -0.1) is 0 Å². The lowest BCUT2D eigenvalue weighted by atomic mass is 10.0. The van der Waals surface area contributed by atoms with Gasteiger partial charge in [0.25, 0.3) is 0 Å². The van der Waals surface area contributed by atoms with Gasteiger partial charge in [0, 0.05) is 25.7 Å². The Balaban J connectivity index is 5.26. The summed E-state index contributed by atoms with van der Waals surface area (Å²) >= 11 is 0. The van der Waals surface area contributed by atoms with E-state index in [1.165, 1.54) is 225 Å². The van der Waals surface area contributed by atoms with Crippen molar-refractivity contribution in [3.63, 3.8) is 0 Å². The van der Waals surface area contributed by atoms with E-state index in [0.717, 1.165) is 102 Å². The van der Waals surface area contributed by atoms with Crippen molar-refractivity contribution in [1.29, 1.82) is 0 Å². The van der Waals surface area contributed by atoms with Gasteiger partial charge in [0.2, 0.25) is 0 Å². The number of hydrogen-bond donors (Lipinski definition) is 3. The summed E-state index contributed by atoms with van der Waals surface area (Å²) in [5.41, 5.74) is 0. The van der Waals surface area contributed by atoms with Crippen LogP contribution in [0.5, 0.6) is 0 Å². The lowest BCUT2D eigenvalue weighted by Crippen LogP contribution is -2.30. The van der Waals surface area contributed by atoms with Gasteiger partial charge in [-0.3, -0.25) is 37.3 Å². The van der Waals surface area contributed by atoms with Crippen molar-refractivity contribution in [2.45, 2.75) is 426 Å². The number of ether oxygens (including phenoxy) is 4. The van der Waals surface area contributed by atoms with Crippen LogP contribution < -0.4 is 0 Å². The molecule has 0 aliphatic rings. The molecule has 0 aromatic heterocycles. The quantitative estimate of drug-likeness (QED) is 0.0222. The Hall–Kier alpha value is -1.94. The Morgan fingerprint density at radius 1 is 0.278 bits per heavy atom. The van der Waals surface area contributed by atoms with Crippen LogP contribution in [-0.2, 0) is 65.4 Å². The average molecular weight is 1420 g/mol. The molecular formula is C78H152O17P2. The smallest absolute Gasteiger partial charge is 0.462 e. The minimum Gasteiger partial charge on any atom is -0.462 e. The predicted octanol–water partition coefficient (Wildman–Crippen LogP) is 23.1. The number of carbonyl (C=O) groups is 4. The molecule has 0 aromatic carbocycles. The molecule has 17 nitrogen and oxygen atoms in total. The van der Waals surface area contributed by atoms with E-state index in [9.17, 15) is 43.2 Å². The number of hydrogen-bond acceptors (Lipinski definition) is 15. The molecule has 0 aromatic rings. The number of aliphatic hydroxyl groups excluding tert-OH is 1. The van der Waals surface area contributed by atoms with Crippen LogP contribution in [0.15, 0.2) is 0 Å². The number of phosphoric acid groups is 2. The van der Waals surface area contributed by atoms with E-state index in [1.54, 1.807) is 0 Å². The fourth-order valence-electron chi connectivity index (χ4n) is 12.0. The first-order valence-corrected chi connectivity index (χ1v) is 43.5. The minimum absolute atomic E-state index is 0.106. The van der Waals surface area contributed by atoms with Gasteiger partial charge >= 0.3 is 39.5 Å².